The van der Waals surface area contributed by atoms with Crippen LogP contribution in [0, 0.1) is 6.92 Å². The quantitative estimate of drug-likeness (QED) is 0.835. The second kappa shape index (κ2) is 6.46. The Balaban J connectivity index is 2.65. The van der Waals surface area contributed by atoms with E-state index in [1.165, 1.54) is 11.8 Å². The van der Waals surface area contributed by atoms with Crippen LogP contribution < -0.4 is 0 Å². The van der Waals surface area contributed by atoms with Crippen molar-refractivity contribution >= 4 is 40.2 Å². The van der Waals surface area contributed by atoms with Gasteiger partial charge in [-0.1, -0.05) is 37.1 Å². The molecule has 20 heavy (non-hydrogen) atoms. The van der Waals surface area contributed by atoms with Gasteiger partial charge in [0.05, 0.1) is 16.3 Å². The summed E-state index contributed by atoms with van der Waals surface area (Å²) in [6, 6.07) is 5.64. The standard InChI is InChI=1S/C15H16ClNO2S/c1-3-5-10-9(2)17-14-11(6-4-7-12(14)16)15(10)20-8-13(18)19/h4,6-7H,3,5,8H2,1-2H3,(H,18,19). The molecule has 106 valence electrons. The van der Waals surface area contributed by atoms with E-state index in [1.807, 2.05) is 25.1 Å². The van der Waals surface area contributed by atoms with Crippen LogP contribution in [0.3, 0.4) is 0 Å². The van der Waals surface area contributed by atoms with Gasteiger partial charge in [-0.2, -0.15) is 0 Å². The molecule has 1 heterocycles. The molecule has 5 heteroatoms. The molecule has 0 amide bonds. The second-order valence-corrected chi connectivity index (χ2v) is 5.97. The molecule has 0 radical (unpaired) electrons. The lowest BCUT2D eigenvalue weighted by Gasteiger charge is -2.14. The van der Waals surface area contributed by atoms with E-state index in [0.29, 0.717) is 5.02 Å². The second-order valence-electron chi connectivity index (χ2n) is 4.57. The number of aromatic nitrogens is 1. The fraction of sp³-hybridized carbons (Fsp3) is 0.333. The predicted molar refractivity (Wildman–Crippen MR) is 83.8 cm³/mol. The third kappa shape index (κ3) is 3.07. The Morgan fingerprint density at radius 1 is 1.45 bits per heavy atom. The minimum Gasteiger partial charge on any atom is -0.481 e. The van der Waals surface area contributed by atoms with Crippen LogP contribution in [0.1, 0.15) is 24.6 Å². The highest BCUT2D eigenvalue weighted by Gasteiger charge is 2.15. The van der Waals surface area contributed by atoms with Crippen LogP contribution in [0.4, 0.5) is 0 Å². The zero-order valence-electron chi connectivity index (χ0n) is 11.4. The van der Waals surface area contributed by atoms with Gasteiger partial charge in [-0.3, -0.25) is 9.78 Å². The molecule has 0 spiro atoms. The number of carboxylic acid groups (broad SMARTS) is 1. The molecule has 2 aromatic rings. The number of hydrogen-bond donors (Lipinski definition) is 1. The van der Waals surface area contributed by atoms with Crippen LogP contribution in [0.25, 0.3) is 10.9 Å². The topological polar surface area (TPSA) is 50.2 Å². The Bertz CT molecular complexity index is 658. The van der Waals surface area contributed by atoms with E-state index >= 15 is 0 Å². The highest BCUT2D eigenvalue weighted by Crippen LogP contribution is 2.35. The fourth-order valence-corrected chi connectivity index (χ4v) is 3.45. The molecule has 0 bridgehead atoms. The van der Waals surface area contributed by atoms with E-state index in [4.69, 9.17) is 16.7 Å². The minimum atomic E-state index is -0.818. The van der Waals surface area contributed by atoms with Crippen LogP contribution in [0.15, 0.2) is 23.1 Å². The average Bonchev–Trinajstić information content (AvgIpc) is 2.40. The molecule has 3 nitrogen and oxygen atoms in total. The molecule has 1 N–H and O–H groups in total. The van der Waals surface area contributed by atoms with Crippen LogP contribution in [-0.4, -0.2) is 21.8 Å². The number of para-hydroxylation sites is 1. The summed E-state index contributed by atoms with van der Waals surface area (Å²) in [5, 5.41) is 10.5. The molecule has 1 aromatic heterocycles. The maximum atomic E-state index is 10.9. The Hall–Kier alpha value is -1.26. The van der Waals surface area contributed by atoms with Gasteiger partial charge in [0.1, 0.15) is 0 Å². The summed E-state index contributed by atoms with van der Waals surface area (Å²) in [6.45, 7) is 4.06. The van der Waals surface area contributed by atoms with E-state index in [2.05, 4.69) is 11.9 Å². The number of pyridine rings is 1. The molecule has 0 aliphatic rings. The summed E-state index contributed by atoms with van der Waals surface area (Å²) < 4.78 is 0. The summed E-state index contributed by atoms with van der Waals surface area (Å²) >= 11 is 7.55. The summed E-state index contributed by atoms with van der Waals surface area (Å²) in [4.78, 5) is 16.5. The predicted octanol–water partition coefficient (Wildman–Crippen LogP) is 4.33. The van der Waals surface area contributed by atoms with Gasteiger partial charge >= 0.3 is 5.97 Å². The molecular weight excluding hydrogens is 294 g/mol. The molecule has 0 saturated carbocycles. The van der Waals surface area contributed by atoms with E-state index in [0.717, 1.165) is 39.9 Å². The number of fused-ring (bicyclic) bond motifs is 1. The van der Waals surface area contributed by atoms with E-state index in [9.17, 15) is 4.79 Å². The van der Waals surface area contributed by atoms with Crippen molar-refractivity contribution in [2.45, 2.75) is 31.6 Å². The third-order valence-electron chi connectivity index (χ3n) is 3.06. The largest absolute Gasteiger partial charge is 0.481 e. The zero-order valence-corrected chi connectivity index (χ0v) is 13.0. The lowest BCUT2D eigenvalue weighted by Crippen LogP contribution is -2.02. The highest BCUT2D eigenvalue weighted by molar-refractivity contribution is 8.00. The zero-order chi connectivity index (χ0) is 14.7. The Morgan fingerprint density at radius 3 is 2.85 bits per heavy atom. The van der Waals surface area contributed by atoms with Crippen molar-refractivity contribution in [1.82, 2.24) is 4.98 Å². The van der Waals surface area contributed by atoms with Gasteiger partial charge in [-0.25, -0.2) is 0 Å². The Labute approximate surface area is 127 Å². The molecular formula is C15H16ClNO2S. The first-order chi connectivity index (χ1) is 9.54. The minimum absolute atomic E-state index is 0.0434. The number of aryl methyl sites for hydroxylation is 1. The number of carboxylic acids is 1. The molecule has 0 aliphatic carbocycles. The van der Waals surface area contributed by atoms with Crippen LogP contribution in [0.2, 0.25) is 5.02 Å². The molecule has 0 fully saturated rings. The van der Waals surface area contributed by atoms with Crippen molar-refractivity contribution in [2.75, 3.05) is 5.75 Å². The van der Waals surface area contributed by atoms with Crippen LogP contribution >= 0.6 is 23.4 Å². The molecule has 2 rings (SSSR count). The number of benzene rings is 1. The summed E-state index contributed by atoms with van der Waals surface area (Å²) in [6.07, 6.45) is 1.89. The van der Waals surface area contributed by atoms with Gasteiger partial charge in [-0.05, 0) is 25.0 Å². The van der Waals surface area contributed by atoms with Gasteiger partial charge in [-0.15, -0.1) is 11.8 Å². The number of carbonyl (C=O) groups is 1. The molecule has 0 saturated heterocycles. The summed E-state index contributed by atoms with van der Waals surface area (Å²) in [5.74, 6) is -0.774. The number of halogens is 1. The molecule has 0 aliphatic heterocycles. The van der Waals surface area contributed by atoms with Gasteiger partial charge in [0.2, 0.25) is 0 Å². The van der Waals surface area contributed by atoms with E-state index in [-0.39, 0.29) is 5.75 Å². The van der Waals surface area contributed by atoms with Gasteiger partial charge in [0.15, 0.2) is 0 Å². The summed E-state index contributed by atoms with van der Waals surface area (Å²) in [7, 11) is 0. The normalized spacial score (nSPS) is 10.9. The molecule has 0 unspecified atom stereocenters. The van der Waals surface area contributed by atoms with Gasteiger partial charge in [0.25, 0.3) is 0 Å². The highest BCUT2D eigenvalue weighted by atomic mass is 35.5. The number of rotatable bonds is 5. The first-order valence-corrected chi connectivity index (χ1v) is 7.83. The average molecular weight is 310 g/mol. The Morgan fingerprint density at radius 2 is 2.20 bits per heavy atom. The van der Waals surface area contributed by atoms with Crippen LogP contribution in [0.5, 0.6) is 0 Å². The number of hydrogen-bond acceptors (Lipinski definition) is 3. The number of nitrogens with zero attached hydrogens (tertiary/aromatic N) is 1. The maximum absolute atomic E-state index is 10.9. The molecule has 0 atom stereocenters. The van der Waals surface area contributed by atoms with Crippen molar-refractivity contribution in [2.24, 2.45) is 0 Å². The SMILES string of the molecule is CCCc1c(C)nc2c(Cl)cccc2c1SCC(=O)O. The number of aliphatic carboxylic acids is 1. The summed E-state index contributed by atoms with van der Waals surface area (Å²) in [5.41, 5.74) is 2.81. The van der Waals surface area contributed by atoms with Crippen molar-refractivity contribution in [3.63, 3.8) is 0 Å². The fourth-order valence-electron chi connectivity index (χ4n) is 2.22. The maximum Gasteiger partial charge on any atom is 0.313 e. The van der Waals surface area contributed by atoms with Gasteiger partial charge in [0, 0.05) is 16.0 Å². The number of thioether (sulfide) groups is 1. The van der Waals surface area contributed by atoms with Crippen LogP contribution in [-0.2, 0) is 11.2 Å². The van der Waals surface area contributed by atoms with E-state index < -0.39 is 5.97 Å². The lowest BCUT2D eigenvalue weighted by atomic mass is 10.1. The van der Waals surface area contributed by atoms with E-state index in [1.54, 1.807) is 0 Å². The van der Waals surface area contributed by atoms with Crippen molar-refractivity contribution in [1.29, 1.82) is 0 Å². The van der Waals surface area contributed by atoms with Crippen molar-refractivity contribution in [3.05, 3.63) is 34.5 Å². The molecule has 1 aromatic carbocycles. The van der Waals surface area contributed by atoms with Crippen molar-refractivity contribution in [3.8, 4) is 0 Å². The van der Waals surface area contributed by atoms with Gasteiger partial charge < -0.3 is 5.11 Å². The first kappa shape index (κ1) is 15.1. The van der Waals surface area contributed by atoms with Crippen molar-refractivity contribution < 1.29 is 9.90 Å². The lowest BCUT2D eigenvalue weighted by molar-refractivity contribution is -0.133. The first-order valence-electron chi connectivity index (χ1n) is 6.46. The third-order valence-corrected chi connectivity index (χ3v) is 4.51. The monoisotopic (exact) mass is 309 g/mol. The smallest absolute Gasteiger partial charge is 0.313 e. The Kier molecular flexibility index (Phi) is 4.89.